The van der Waals surface area contributed by atoms with Gasteiger partial charge in [0.25, 0.3) is 0 Å². The van der Waals surface area contributed by atoms with Gasteiger partial charge in [-0.1, -0.05) is 0 Å². The van der Waals surface area contributed by atoms with Crippen LogP contribution in [0.4, 0.5) is 17.5 Å². The number of ether oxygens (including phenoxy) is 1. The summed E-state index contributed by atoms with van der Waals surface area (Å²) in [6.07, 6.45) is 0.950. The Morgan fingerprint density at radius 3 is 2.86 bits per heavy atom. The number of rotatable bonds is 6. The maximum Gasteiger partial charge on any atom is 0.332 e. The van der Waals surface area contributed by atoms with Gasteiger partial charge in [0.1, 0.15) is 5.69 Å². The second kappa shape index (κ2) is 6.66. The largest absolute Gasteiger partial charge is 0.381 e. The average Bonchev–Trinajstić information content (AvgIpc) is 2.91. The minimum absolute atomic E-state index is 0.0509. The molecule has 0 radical (unpaired) electrons. The van der Waals surface area contributed by atoms with E-state index in [2.05, 4.69) is 20.6 Å². The maximum absolute atomic E-state index is 11.3. The van der Waals surface area contributed by atoms with Crippen molar-refractivity contribution in [3.63, 3.8) is 0 Å². The van der Waals surface area contributed by atoms with Crippen LogP contribution in [0.2, 0.25) is 0 Å². The first-order chi connectivity index (χ1) is 10.0. The summed E-state index contributed by atoms with van der Waals surface area (Å²) in [5.74, 6) is 1.00. The first-order valence-electron chi connectivity index (χ1n) is 7.14. The van der Waals surface area contributed by atoms with Gasteiger partial charge in [-0.3, -0.25) is 10.1 Å². The Morgan fingerprint density at radius 1 is 1.52 bits per heavy atom. The number of aromatic nitrogens is 2. The highest BCUT2D eigenvalue weighted by molar-refractivity contribution is 5.61. The van der Waals surface area contributed by atoms with Gasteiger partial charge >= 0.3 is 5.69 Å². The summed E-state index contributed by atoms with van der Waals surface area (Å²) in [4.78, 5) is 19.2. The number of anilines is 2. The van der Waals surface area contributed by atoms with Gasteiger partial charge in [-0.25, -0.2) is 4.98 Å². The van der Waals surface area contributed by atoms with Gasteiger partial charge in [0.05, 0.1) is 11.5 Å². The van der Waals surface area contributed by atoms with Crippen molar-refractivity contribution < 1.29 is 9.66 Å². The summed E-state index contributed by atoms with van der Waals surface area (Å²) in [6.45, 7) is 7.60. The van der Waals surface area contributed by atoms with Crippen LogP contribution in [0.5, 0.6) is 0 Å². The highest BCUT2D eigenvalue weighted by atomic mass is 16.6. The molecular weight excluding hydrogens is 274 g/mol. The molecule has 1 fully saturated rings. The Morgan fingerprint density at radius 2 is 2.29 bits per heavy atom. The van der Waals surface area contributed by atoms with Gasteiger partial charge in [0.15, 0.2) is 0 Å². The first-order valence-corrected chi connectivity index (χ1v) is 7.14. The fraction of sp³-hybridized carbons (Fsp3) is 0.692. The topological polar surface area (TPSA) is 102 Å². The Hall–Kier alpha value is -1.96. The Balaban J connectivity index is 2.27. The highest BCUT2D eigenvalue weighted by Gasteiger charge is 2.27. The van der Waals surface area contributed by atoms with Gasteiger partial charge in [-0.2, -0.15) is 4.98 Å². The monoisotopic (exact) mass is 295 g/mol. The molecule has 0 saturated carbocycles. The van der Waals surface area contributed by atoms with Crippen LogP contribution in [0.1, 0.15) is 26.0 Å². The predicted octanol–water partition coefficient (Wildman–Crippen LogP) is 1.96. The third kappa shape index (κ3) is 3.57. The molecule has 0 aliphatic carbocycles. The molecule has 0 spiro atoms. The molecule has 1 saturated heterocycles. The van der Waals surface area contributed by atoms with E-state index in [-0.39, 0.29) is 17.5 Å². The molecule has 2 N–H and O–H groups in total. The number of hydrogen-bond acceptors (Lipinski definition) is 7. The second-order valence-corrected chi connectivity index (χ2v) is 5.17. The Bertz CT molecular complexity index is 517. The number of nitro groups is 1. The standard InChI is InChI=1S/C13H21N5O3/c1-4-14-13-16-9(3)11(18(19)20)12(17-13)15-8(2)10-5-6-21-7-10/h8,10H,4-7H2,1-3H3,(H2,14,15,16,17). The summed E-state index contributed by atoms with van der Waals surface area (Å²) >= 11 is 0. The molecule has 116 valence electrons. The normalized spacial score (nSPS) is 19.3. The fourth-order valence-corrected chi connectivity index (χ4v) is 2.40. The zero-order valence-electron chi connectivity index (χ0n) is 12.5. The van der Waals surface area contributed by atoms with E-state index in [1.807, 2.05) is 13.8 Å². The molecule has 8 heteroatoms. The lowest BCUT2D eigenvalue weighted by Crippen LogP contribution is -2.27. The minimum atomic E-state index is -0.439. The molecule has 2 heterocycles. The Labute approximate surface area is 123 Å². The second-order valence-electron chi connectivity index (χ2n) is 5.17. The van der Waals surface area contributed by atoms with Crippen LogP contribution >= 0.6 is 0 Å². The van der Waals surface area contributed by atoms with Crippen LogP contribution in [0.3, 0.4) is 0 Å². The molecule has 2 unspecified atom stereocenters. The predicted molar refractivity (Wildman–Crippen MR) is 79.6 cm³/mol. The maximum atomic E-state index is 11.3. The Kier molecular flexibility index (Phi) is 4.89. The van der Waals surface area contributed by atoms with E-state index in [0.717, 1.165) is 13.0 Å². The van der Waals surface area contributed by atoms with Crippen molar-refractivity contribution in [3.05, 3.63) is 15.8 Å². The smallest absolute Gasteiger partial charge is 0.332 e. The zero-order chi connectivity index (χ0) is 15.4. The summed E-state index contributed by atoms with van der Waals surface area (Å²) in [5, 5.41) is 17.4. The average molecular weight is 295 g/mol. The van der Waals surface area contributed by atoms with Crippen molar-refractivity contribution in [2.24, 2.45) is 5.92 Å². The number of nitrogens with zero attached hydrogens (tertiary/aromatic N) is 3. The third-order valence-corrected chi connectivity index (χ3v) is 3.61. The number of hydrogen-bond donors (Lipinski definition) is 2. The van der Waals surface area contributed by atoms with Gasteiger partial charge in [-0.05, 0) is 27.2 Å². The molecule has 2 atom stereocenters. The van der Waals surface area contributed by atoms with Crippen molar-refractivity contribution in [3.8, 4) is 0 Å². The van der Waals surface area contributed by atoms with Gasteiger partial charge in [0.2, 0.25) is 11.8 Å². The number of nitrogens with one attached hydrogen (secondary N) is 2. The van der Waals surface area contributed by atoms with E-state index < -0.39 is 4.92 Å². The lowest BCUT2D eigenvalue weighted by atomic mass is 10.0. The van der Waals surface area contributed by atoms with Gasteiger partial charge in [0, 0.05) is 25.1 Å². The van der Waals surface area contributed by atoms with E-state index >= 15 is 0 Å². The fourth-order valence-electron chi connectivity index (χ4n) is 2.40. The summed E-state index contributed by atoms with van der Waals surface area (Å²) in [5.41, 5.74) is 0.283. The summed E-state index contributed by atoms with van der Waals surface area (Å²) < 4.78 is 5.36. The molecule has 1 aromatic rings. The lowest BCUT2D eigenvalue weighted by molar-refractivity contribution is -0.385. The quantitative estimate of drug-likeness (QED) is 0.611. The van der Waals surface area contributed by atoms with Crippen molar-refractivity contribution in [1.29, 1.82) is 0 Å². The summed E-state index contributed by atoms with van der Waals surface area (Å²) in [6, 6.07) is 0.0509. The van der Waals surface area contributed by atoms with Crippen molar-refractivity contribution in [1.82, 2.24) is 9.97 Å². The molecule has 0 bridgehead atoms. The van der Waals surface area contributed by atoms with E-state index in [0.29, 0.717) is 30.7 Å². The van der Waals surface area contributed by atoms with E-state index in [9.17, 15) is 10.1 Å². The third-order valence-electron chi connectivity index (χ3n) is 3.61. The van der Waals surface area contributed by atoms with E-state index in [1.165, 1.54) is 0 Å². The first kappa shape index (κ1) is 15.4. The van der Waals surface area contributed by atoms with Crippen molar-refractivity contribution in [2.45, 2.75) is 33.2 Å². The van der Waals surface area contributed by atoms with E-state index in [1.54, 1.807) is 6.92 Å². The van der Waals surface area contributed by atoms with Crippen LogP contribution in [0.15, 0.2) is 0 Å². The number of aryl methyl sites for hydroxylation is 1. The molecule has 1 aliphatic heterocycles. The van der Waals surface area contributed by atoms with Gasteiger partial charge < -0.3 is 15.4 Å². The highest BCUT2D eigenvalue weighted by Crippen LogP contribution is 2.29. The molecule has 1 aromatic heterocycles. The van der Waals surface area contributed by atoms with E-state index in [4.69, 9.17) is 4.74 Å². The molecule has 0 aromatic carbocycles. The molecule has 0 amide bonds. The molecular formula is C13H21N5O3. The molecule has 1 aliphatic rings. The molecule has 2 rings (SSSR count). The van der Waals surface area contributed by atoms with Crippen molar-refractivity contribution >= 4 is 17.5 Å². The lowest BCUT2D eigenvalue weighted by Gasteiger charge is -2.20. The SMILES string of the molecule is CCNc1nc(C)c([N+](=O)[O-])c(NC(C)C2CCOC2)n1. The van der Waals surface area contributed by atoms with Gasteiger partial charge in [-0.15, -0.1) is 0 Å². The van der Waals surface area contributed by atoms with Crippen LogP contribution < -0.4 is 10.6 Å². The minimum Gasteiger partial charge on any atom is -0.381 e. The van der Waals surface area contributed by atoms with Crippen molar-refractivity contribution in [2.75, 3.05) is 30.4 Å². The summed E-state index contributed by atoms with van der Waals surface area (Å²) in [7, 11) is 0. The van der Waals surface area contributed by atoms with Crippen LogP contribution in [-0.2, 0) is 4.74 Å². The zero-order valence-corrected chi connectivity index (χ0v) is 12.5. The molecule has 8 nitrogen and oxygen atoms in total. The van der Waals surface area contributed by atoms with Crippen LogP contribution in [0.25, 0.3) is 0 Å². The van der Waals surface area contributed by atoms with Crippen LogP contribution in [-0.4, -0.2) is 40.7 Å². The van der Waals surface area contributed by atoms with Crippen LogP contribution in [0, 0.1) is 23.0 Å². The molecule has 21 heavy (non-hydrogen) atoms.